The van der Waals surface area contributed by atoms with Crippen LogP contribution in [0.5, 0.6) is 0 Å². The number of furan rings is 1. The summed E-state index contributed by atoms with van der Waals surface area (Å²) in [5.74, 6) is -1.50. The molecule has 2 N–H and O–H groups in total. The van der Waals surface area contributed by atoms with Gasteiger partial charge >= 0.3 is 5.97 Å². The van der Waals surface area contributed by atoms with Crippen molar-refractivity contribution < 1.29 is 19.1 Å². The van der Waals surface area contributed by atoms with Crippen LogP contribution in [0.15, 0.2) is 28.7 Å². The van der Waals surface area contributed by atoms with Gasteiger partial charge in [0, 0.05) is 5.39 Å². The summed E-state index contributed by atoms with van der Waals surface area (Å²) in [6.07, 6.45) is 0. The van der Waals surface area contributed by atoms with Crippen molar-refractivity contribution in [3.8, 4) is 0 Å². The number of carbonyl (C=O) groups is 2. The minimum absolute atomic E-state index is 0.117. The Balaban J connectivity index is 2.24. The summed E-state index contributed by atoms with van der Waals surface area (Å²) in [6.45, 7) is 1.52. The number of aliphatic carboxylic acids is 1. The number of amides is 1. The van der Waals surface area contributed by atoms with Gasteiger partial charge in [0.25, 0.3) is 5.91 Å². The lowest BCUT2D eigenvalue weighted by molar-refractivity contribution is -0.135. The molecule has 0 aliphatic heterocycles. The summed E-state index contributed by atoms with van der Waals surface area (Å²) >= 11 is 0. The molecule has 0 atom stereocenters. The highest BCUT2D eigenvalue weighted by Crippen LogP contribution is 2.20. The Bertz CT molecular complexity index is 585. The second-order valence-electron chi connectivity index (χ2n) is 3.73. The highest BCUT2D eigenvalue weighted by atomic mass is 16.4. The van der Waals surface area contributed by atoms with E-state index in [-0.39, 0.29) is 5.76 Å². The summed E-state index contributed by atoms with van der Waals surface area (Å²) in [4.78, 5) is 21.8. The average molecular weight is 233 g/mol. The first-order chi connectivity index (χ1) is 8.06. The molecule has 5 heteroatoms. The molecule has 2 aromatic rings. The maximum Gasteiger partial charge on any atom is 0.322 e. The van der Waals surface area contributed by atoms with Crippen LogP contribution < -0.4 is 5.32 Å². The molecule has 0 saturated heterocycles. The van der Waals surface area contributed by atoms with Gasteiger partial charge in [-0.1, -0.05) is 11.6 Å². The Morgan fingerprint density at radius 2 is 2.12 bits per heavy atom. The van der Waals surface area contributed by atoms with Crippen molar-refractivity contribution in [3.63, 3.8) is 0 Å². The van der Waals surface area contributed by atoms with E-state index < -0.39 is 18.4 Å². The van der Waals surface area contributed by atoms with Crippen molar-refractivity contribution in [2.45, 2.75) is 6.92 Å². The highest BCUT2D eigenvalue weighted by molar-refractivity contribution is 5.97. The summed E-state index contributed by atoms with van der Waals surface area (Å²) in [5, 5.41) is 11.5. The Kier molecular flexibility index (Phi) is 2.82. The van der Waals surface area contributed by atoms with E-state index in [1.54, 1.807) is 12.1 Å². The molecule has 1 amide bonds. The predicted molar refractivity (Wildman–Crippen MR) is 60.9 cm³/mol. The molecule has 1 aromatic heterocycles. The van der Waals surface area contributed by atoms with Crippen LogP contribution in [0.4, 0.5) is 0 Å². The van der Waals surface area contributed by atoms with Gasteiger partial charge in [0.15, 0.2) is 5.76 Å². The number of benzene rings is 1. The summed E-state index contributed by atoms with van der Waals surface area (Å²) in [7, 11) is 0. The van der Waals surface area contributed by atoms with E-state index in [0.29, 0.717) is 5.58 Å². The maximum atomic E-state index is 11.5. The lowest BCUT2D eigenvalue weighted by Gasteiger charge is -1.97. The Morgan fingerprint density at radius 1 is 1.35 bits per heavy atom. The fourth-order valence-electron chi connectivity index (χ4n) is 1.52. The van der Waals surface area contributed by atoms with Crippen LogP contribution in [0.25, 0.3) is 11.0 Å². The van der Waals surface area contributed by atoms with E-state index in [0.717, 1.165) is 10.9 Å². The van der Waals surface area contributed by atoms with E-state index in [9.17, 15) is 9.59 Å². The van der Waals surface area contributed by atoms with Crippen molar-refractivity contribution in [1.82, 2.24) is 5.32 Å². The largest absolute Gasteiger partial charge is 0.480 e. The topological polar surface area (TPSA) is 79.5 Å². The SMILES string of the molecule is Cc1ccc2oc(C(=O)NCC(=O)O)cc2c1. The quantitative estimate of drug-likeness (QED) is 0.843. The van der Waals surface area contributed by atoms with Gasteiger partial charge in [0.1, 0.15) is 12.1 Å². The van der Waals surface area contributed by atoms with Gasteiger partial charge in [-0.2, -0.15) is 0 Å². The van der Waals surface area contributed by atoms with E-state index in [4.69, 9.17) is 9.52 Å². The number of fused-ring (bicyclic) bond motifs is 1. The lowest BCUT2D eigenvalue weighted by atomic mass is 10.2. The van der Waals surface area contributed by atoms with Crippen molar-refractivity contribution in [2.75, 3.05) is 6.54 Å². The van der Waals surface area contributed by atoms with Gasteiger partial charge in [0.05, 0.1) is 0 Å². The standard InChI is InChI=1S/C12H11NO4/c1-7-2-3-9-8(4-7)5-10(17-9)12(16)13-6-11(14)15/h2-5H,6H2,1H3,(H,13,16)(H,14,15). The number of carbonyl (C=O) groups excluding carboxylic acids is 1. The molecule has 0 spiro atoms. The van der Waals surface area contributed by atoms with Gasteiger partial charge in [-0.05, 0) is 25.1 Å². The molecule has 0 saturated carbocycles. The zero-order valence-electron chi connectivity index (χ0n) is 9.19. The minimum Gasteiger partial charge on any atom is -0.480 e. The van der Waals surface area contributed by atoms with E-state index in [2.05, 4.69) is 5.32 Å². The highest BCUT2D eigenvalue weighted by Gasteiger charge is 2.12. The van der Waals surface area contributed by atoms with Crippen LogP contribution in [0, 0.1) is 6.92 Å². The molecule has 0 aliphatic carbocycles. The smallest absolute Gasteiger partial charge is 0.322 e. The fourth-order valence-corrected chi connectivity index (χ4v) is 1.52. The van der Waals surface area contributed by atoms with Crippen LogP contribution in [-0.2, 0) is 4.79 Å². The van der Waals surface area contributed by atoms with E-state index >= 15 is 0 Å². The number of hydrogen-bond donors (Lipinski definition) is 2. The number of carboxylic acids is 1. The zero-order valence-corrected chi connectivity index (χ0v) is 9.19. The van der Waals surface area contributed by atoms with E-state index in [1.807, 2.05) is 19.1 Å². The number of rotatable bonds is 3. The van der Waals surface area contributed by atoms with Crippen LogP contribution >= 0.6 is 0 Å². The first-order valence-electron chi connectivity index (χ1n) is 5.06. The van der Waals surface area contributed by atoms with Gasteiger partial charge < -0.3 is 14.8 Å². The molecule has 17 heavy (non-hydrogen) atoms. The van der Waals surface area contributed by atoms with Crippen LogP contribution in [0.2, 0.25) is 0 Å². The van der Waals surface area contributed by atoms with Crippen molar-refractivity contribution >= 4 is 22.8 Å². The third-order valence-corrected chi connectivity index (χ3v) is 2.30. The van der Waals surface area contributed by atoms with Gasteiger partial charge in [-0.15, -0.1) is 0 Å². The monoisotopic (exact) mass is 233 g/mol. The molecule has 0 bridgehead atoms. The lowest BCUT2D eigenvalue weighted by Crippen LogP contribution is -2.28. The molecule has 0 aliphatic rings. The normalized spacial score (nSPS) is 10.4. The molecule has 1 aromatic carbocycles. The summed E-state index contributed by atoms with van der Waals surface area (Å²) < 4.78 is 5.31. The molecule has 0 fully saturated rings. The number of hydrogen-bond acceptors (Lipinski definition) is 3. The van der Waals surface area contributed by atoms with Crippen LogP contribution in [-0.4, -0.2) is 23.5 Å². The van der Waals surface area contributed by atoms with Gasteiger partial charge in [0.2, 0.25) is 0 Å². The van der Waals surface area contributed by atoms with Crippen molar-refractivity contribution in [3.05, 3.63) is 35.6 Å². The fraction of sp³-hybridized carbons (Fsp3) is 0.167. The molecule has 88 valence electrons. The molecular weight excluding hydrogens is 222 g/mol. The second-order valence-corrected chi connectivity index (χ2v) is 3.73. The number of carboxylic acid groups (broad SMARTS) is 1. The van der Waals surface area contributed by atoms with Crippen LogP contribution in [0.1, 0.15) is 16.1 Å². The van der Waals surface area contributed by atoms with E-state index in [1.165, 1.54) is 0 Å². The second kappa shape index (κ2) is 4.29. The minimum atomic E-state index is -1.09. The average Bonchev–Trinajstić information content (AvgIpc) is 2.68. The molecule has 5 nitrogen and oxygen atoms in total. The summed E-state index contributed by atoms with van der Waals surface area (Å²) in [5.41, 5.74) is 1.67. The van der Waals surface area contributed by atoms with Gasteiger partial charge in [-0.25, -0.2) is 0 Å². The van der Waals surface area contributed by atoms with Gasteiger partial charge in [-0.3, -0.25) is 9.59 Å². The third-order valence-electron chi connectivity index (χ3n) is 2.30. The molecular formula is C12H11NO4. The molecule has 0 radical (unpaired) electrons. The number of nitrogens with one attached hydrogen (secondary N) is 1. The zero-order chi connectivity index (χ0) is 12.4. The Hall–Kier alpha value is -2.30. The first kappa shape index (κ1) is 11.2. The molecule has 2 rings (SSSR count). The first-order valence-corrected chi connectivity index (χ1v) is 5.06. The molecule has 1 heterocycles. The molecule has 0 unspecified atom stereocenters. The van der Waals surface area contributed by atoms with Crippen molar-refractivity contribution in [2.24, 2.45) is 0 Å². The van der Waals surface area contributed by atoms with Crippen LogP contribution in [0.3, 0.4) is 0 Å². The maximum absolute atomic E-state index is 11.5. The Morgan fingerprint density at radius 3 is 2.82 bits per heavy atom. The van der Waals surface area contributed by atoms with Crippen molar-refractivity contribution in [1.29, 1.82) is 0 Å². The number of aryl methyl sites for hydroxylation is 1. The third kappa shape index (κ3) is 2.44. The predicted octanol–water partition coefficient (Wildman–Crippen LogP) is 1.56. The summed E-state index contributed by atoms with van der Waals surface area (Å²) in [6, 6.07) is 7.15. The Labute approximate surface area is 97.0 Å².